The molecule has 2 rings (SSSR count). The Morgan fingerprint density at radius 3 is 2.59 bits per heavy atom. The van der Waals surface area contributed by atoms with Crippen LogP contribution in [0.3, 0.4) is 0 Å². The van der Waals surface area contributed by atoms with Crippen LogP contribution >= 0.6 is 0 Å². The van der Waals surface area contributed by atoms with Crippen LogP contribution in [0, 0.1) is 34.5 Å². The van der Waals surface area contributed by atoms with Crippen LogP contribution in [0.15, 0.2) is 18.3 Å². The molecule has 0 aliphatic heterocycles. The van der Waals surface area contributed by atoms with E-state index in [1.165, 1.54) is 12.3 Å². The molecule has 3 N–H and O–H groups in total. The Kier molecular flexibility index (Phi) is 4.15. The highest BCUT2D eigenvalue weighted by atomic mass is 19.1. The van der Waals surface area contributed by atoms with Gasteiger partial charge in [0, 0.05) is 12.3 Å². The number of halogens is 3. The summed E-state index contributed by atoms with van der Waals surface area (Å²) in [5, 5.41) is 13.0. The molecule has 0 fully saturated rings. The molecule has 0 bridgehead atoms. The van der Waals surface area contributed by atoms with E-state index in [-0.39, 0.29) is 12.2 Å². The van der Waals surface area contributed by atoms with E-state index in [4.69, 9.17) is 5.73 Å². The largest absolute Gasteiger partial charge is 0.391 e. The van der Waals surface area contributed by atoms with Gasteiger partial charge in [-0.05, 0) is 18.6 Å². The highest BCUT2D eigenvalue weighted by molar-refractivity contribution is 5.68. The maximum atomic E-state index is 13.9. The minimum atomic E-state index is -1.29. The number of nitro benzene ring substituents is 1. The van der Waals surface area contributed by atoms with Gasteiger partial charge in [-0.25, -0.2) is 8.78 Å². The summed E-state index contributed by atoms with van der Waals surface area (Å²) in [5.41, 5.74) is 3.34. The molecule has 6 nitrogen and oxygen atoms in total. The lowest BCUT2D eigenvalue weighted by Gasteiger charge is -2.10. The Labute approximate surface area is 122 Å². The summed E-state index contributed by atoms with van der Waals surface area (Å²) in [5.74, 6) is -3.08. The number of nitrogens with zero attached hydrogens (tertiary/aromatic N) is 2. The van der Waals surface area contributed by atoms with E-state index in [0.717, 1.165) is 0 Å². The zero-order valence-electron chi connectivity index (χ0n) is 11.4. The molecule has 0 spiro atoms. The number of anilines is 2. The highest BCUT2D eigenvalue weighted by Crippen LogP contribution is 2.33. The summed E-state index contributed by atoms with van der Waals surface area (Å²) in [6, 6.07) is 1.83. The van der Waals surface area contributed by atoms with Crippen molar-refractivity contribution in [3.63, 3.8) is 0 Å². The molecule has 0 saturated heterocycles. The Morgan fingerprint density at radius 2 is 2.00 bits per heavy atom. The van der Waals surface area contributed by atoms with E-state index in [0.29, 0.717) is 11.6 Å². The minimum Gasteiger partial charge on any atom is -0.391 e. The van der Waals surface area contributed by atoms with Gasteiger partial charge in [0.15, 0.2) is 11.5 Å². The number of pyridine rings is 1. The van der Waals surface area contributed by atoms with Crippen molar-refractivity contribution in [3.8, 4) is 0 Å². The van der Waals surface area contributed by atoms with Gasteiger partial charge in [0.1, 0.15) is 5.82 Å². The van der Waals surface area contributed by atoms with E-state index >= 15 is 0 Å². The first-order valence-electron chi connectivity index (χ1n) is 6.08. The van der Waals surface area contributed by atoms with Crippen LogP contribution in [-0.2, 0) is 6.54 Å². The number of nitrogens with two attached hydrogens (primary N) is 1. The maximum absolute atomic E-state index is 13.9. The number of nitrogen functional groups attached to an aromatic ring is 1. The number of aryl methyl sites for hydroxylation is 1. The molecule has 9 heteroatoms. The fourth-order valence-corrected chi connectivity index (χ4v) is 1.82. The molecule has 0 aliphatic rings. The quantitative estimate of drug-likeness (QED) is 0.514. The second kappa shape index (κ2) is 5.88. The lowest BCUT2D eigenvalue weighted by Crippen LogP contribution is -2.09. The number of hydrogen-bond donors (Lipinski definition) is 2. The third-order valence-corrected chi connectivity index (χ3v) is 2.91. The SMILES string of the molecule is Cc1cnc(CNc2cc(F)c([N+](=O)[O-])c(N)c2F)c(F)c1. The molecule has 0 radical (unpaired) electrons. The summed E-state index contributed by atoms with van der Waals surface area (Å²) >= 11 is 0. The van der Waals surface area contributed by atoms with Gasteiger partial charge in [-0.3, -0.25) is 15.1 Å². The molecular weight excluding hydrogens is 301 g/mol. The number of nitro groups is 1. The van der Waals surface area contributed by atoms with Crippen LogP contribution in [0.4, 0.5) is 30.2 Å². The first-order chi connectivity index (χ1) is 10.3. The second-order valence-corrected chi connectivity index (χ2v) is 4.53. The van der Waals surface area contributed by atoms with E-state index in [1.807, 2.05) is 0 Å². The Balaban J connectivity index is 2.29. The van der Waals surface area contributed by atoms with Gasteiger partial charge in [-0.15, -0.1) is 0 Å². The van der Waals surface area contributed by atoms with Crippen molar-refractivity contribution in [2.75, 3.05) is 11.1 Å². The van der Waals surface area contributed by atoms with Crippen LogP contribution < -0.4 is 11.1 Å². The van der Waals surface area contributed by atoms with Gasteiger partial charge >= 0.3 is 5.69 Å². The summed E-state index contributed by atoms with van der Waals surface area (Å²) in [7, 11) is 0. The van der Waals surface area contributed by atoms with Gasteiger partial charge in [0.25, 0.3) is 0 Å². The van der Waals surface area contributed by atoms with E-state index in [2.05, 4.69) is 10.3 Å². The van der Waals surface area contributed by atoms with Gasteiger partial charge in [0.05, 0.1) is 22.8 Å². The van der Waals surface area contributed by atoms with E-state index < -0.39 is 39.4 Å². The van der Waals surface area contributed by atoms with Crippen molar-refractivity contribution in [3.05, 3.63) is 57.2 Å². The summed E-state index contributed by atoms with van der Waals surface area (Å²) in [6.07, 6.45) is 1.42. The lowest BCUT2D eigenvalue weighted by molar-refractivity contribution is -0.386. The molecule has 116 valence electrons. The first-order valence-corrected chi connectivity index (χ1v) is 6.08. The smallest absolute Gasteiger partial charge is 0.330 e. The summed E-state index contributed by atoms with van der Waals surface area (Å²) in [4.78, 5) is 13.3. The molecule has 22 heavy (non-hydrogen) atoms. The van der Waals surface area contributed by atoms with Crippen LogP contribution in [0.1, 0.15) is 11.3 Å². The molecule has 1 aromatic heterocycles. The molecule has 0 aliphatic carbocycles. The fourth-order valence-electron chi connectivity index (χ4n) is 1.82. The van der Waals surface area contributed by atoms with E-state index in [9.17, 15) is 23.3 Å². The predicted molar refractivity (Wildman–Crippen MR) is 73.7 cm³/mol. The zero-order valence-corrected chi connectivity index (χ0v) is 11.4. The highest BCUT2D eigenvalue weighted by Gasteiger charge is 2.25. The number of rotatable bonds is 4. The second-order valence-electron chi connectivity index (χ2n) is 4.53. The third-order valence-electron chi connectivity index (χ3n) is 2.91. The molecule has 0 unspecified atom stereocenters. The molecule has 1 heterocycles. The van der Waals surface area contributed by atoms with Crippen molar-refractivity contribution < 1.29 is 18.1 Å². The Hall–Kier alpha value is -2.84. The van der Waals surface area contributed by atoms with Crippen molar-refractivity contribution in [1.29, 1.82) is 0 Å². The van der Waals surface area contributed by atoms with Gasteiger partial charge < -0.3 is 11.1 Å². The van der Waals surface area contributed by atoms with E-state index in [1.54, 1.807) is 6.92 Å². The molecule has 1 aromatic carbocycles. The van der Waals surface area contributed by atoms with Crippen molar-refractivity contribution in [2.45, 2.75) is 13.5 Å². The molecular formula is C13H11F3N4O2. The summed E-state index contributed by atoms with van der Waals surface area (Å²) < 4.78 is 41.1. The number of aromatic nitrogens is 1. The third kappa shape index (κ3) is 2.92. The topological polar surface area (TPSA) is 94.1 Å². The molecule has 0 atom stereocenters. The Bertz CT molecular complexity index is 753. The number of hydrogen-bond acceptors (Lipinski definition) is 5. The maximum Gasteiger partial charge on any atom is 0.330 e. The predicted octanol–water partition coefficient (Wildman–Crippen LogP) is 2.91. The first kappa shape index (κ1) is 15.5. The number of nitrogens with one attached hydrogen (secondary N) is 1. The van der Waals surface area contributed by atoms with Gasteiger partial charge in [-0.2, -0.15) is 4.39 Å². The number of benzene rings is 1. The lowest BCUT2D eigenvalue weighted by atomic mass is 10.2. The average Bonchev–Trinajstić information content (AvgIpc) is 2.42. The average molecular weight is 312 g/mol. The standard InChI is InChI=1S/C13H11F3N4O2/c1-6-2-7(14)10(18-4-6)5-19-9-3-8(15)13(20(21)22)12(17)11(9)16/h2-4,19H,5,17H2,1H3. The summed E-state index contributed by atoms with van der Waals surface area (Å²) in [6.45, 7) is 1.42. The van der Waals surface area contributed by atoms with Gasteiger partial charge in [-0.1, -0.05) is 0 Å². The van der Waals surface area contributed by atoms with Gasteiger partial charge in [0.2, 0.25) is 5.82 Å². The molecule has 2 aromatic rings. The van der Waals surface area contributed by atoms with Crippen LogP contribution in [-0.4, -0.2) is 9.91 Å². The monoisotopic (exact) mass is 312 g/mol. The minimum absolute atomic E-state index is 0.0117. The molecule has 0 amide bonds. The van der Waals surface area contributed by atoms with Crippen molar-refractivity contribution >= 4 is 17.1 Å². The molecule has 0 saturated carbocycles. The zero-order chi connectivity index (χ0) is 16.4. The van der Waals surface area contributed by atoms with Crippen LogP contribution in [0.25, 0.3) is 0 Å². The van der Waals surface area contributed by atoms with Crippen molar-refractivity contribution in [2.24, 2.45) is 0 Å². The van der Waals surface area contributed by atoms with Crippen molar-refractivity contribution in [1.82, 2.24) is 4.98 Å². The van der Waals surface area contributed by atoms with Crippen LogP contribution in [0.2, 0.25) is 0 Å². The normalized spacial score (nSPS) is 10.5. The Morgan fingerprint density at radius 1 is 1.32 bits per heavy atom. The van der Waals surface area contributed by atoms with Crippen LogP contribution in [0.5, 0.6) is 0 Å². The fraction of sp³-hybridized carbons (Fsp3) is 0.154.